The van der Waals surface area contributed by atoms with E-state index in [1.54, 1.807) is 6.92 Å². The first-order valence-corrected chi connectivity index (χ1v) is 6.30. The molecule has 0 atom stereocenters. The van der Waals surface area contributed by atoms with Crippen LogP contribution in [0.4, 0.5) is 5.95 Å². The third-order valence-corrected chi connectivity index (χ3v) is 2.42. The van der Waals surface area contributed by atoms with Crippen molar-refractivity contribution >= 4 is 16.0 Å². The molecule has 0 aliphatic rings. The molecule has 0 unspecified atom stereocenters. The van der Waals surface area contributed by atoms with Crippen LogP contribution in [0.2, 0.25) is 0 Å². The van der Waals surface area contributed by atoms with Gasteiger partial charge in [-0.1, -0.05) is 6.92 Å². The Hall–Kier alpha value is -1.37. The molecule has 0 aliphatic heterocycles. The fourth-order valence-corrected chi connectivity index (χ4v) is 1.70. The Morgan fingerprint density at radius 3 is 2.47 bits per heavy atom. The van der Waals surface area contributed by atoms with Crippen molar-refractivity contribution in [2.75, 3.05) is 11.0 Å². The minimum atomic E-state index is -3.41. The van der Waals surface area contributed by atoms with Crippen molar-refractivity contribution in [3.63, 3.8) is 0 Å². The summed E-state index contributed by atoms with van der Waals surface area (Å²) in [6.45, 7) is 3.50. The first-order chi connectivity index (χ1) is 6.83. The van der Waals surface area contributed by atoms with Gasteiger partial charge >= 0.3 is 0 Å². The molecule has 84 valence electrons. The van der Waals surface area contributed by atoms with Crippen molar-refractivity contribution in [1.82, 2.24) is 9.97 Å². The Kier molecular flexibility index (Phi) is 3.13. The summed E-state index contributed by atoms with van der Waals surface area (Å²) in [4.78, 5) is 17.8. The lowest BCUT2D eigenvalue weighted by Crippen LogP contribution is -2.21. The average molecular weight is 231 g/mol. The Bertz CT molecular complexity index is 518. The summed E-state index contributed by atoms with van der Waals surface area (Å²) < 4.78 is 23.9. The quantitative estimate of drug-likeness (QED) is 0.766. The Morgan fingerprint density at radius 1 is 1.47 bits per heavy atom. The summed E-state index contributed by atoms with van der Waals surface area (Å²) in [5.41, 5.74) is 0.789. The van der Waals surface area contributed by atoms with E-state index in [0.717, 1.165) is 6.26 Å². The molecule has 1 rings (SSSR count). The molecule has 2 N–H and O–H groups in total. The van der Waals surface area contributed by atoms with Gasteiger partial charge in [-0.3, -0.25) is 14.5 Å². The van der Waals surface area contributed by atoms with E-state index in [1.165, 1.54) is 0 Å². The largest absolute Gasteiger partial charge is 0.292 e. The zero-order valence-electron chi connectivity index (χ0n) is 8.79. The van der Waals surface area contributed by atoms with E-state index in [-0.39, 0.29) is 11.5 Å². The molecular weight excluding hydrogens is 218 g/mol. The van der Waals surface area contributed by atoms with Gasteiger partial charge in [-0.2, -0.15) is 0 Å². The first kappa shape index (κ1) is 11.7. The van der Waals surface area contributed by atoms with Crippen molar-refractivity contribution < 1.29 is 8.42 Å². The van der Waals surface area contributed by atoms with E-state index in [0.29, 0.717) is 17.7 Å². The second-order valence-corrected chi connectivity index (χ2v) is 4.95. The van der Waals surface area contributed by atoms with Crippen LogP contribution in [0.25, 0.3) is 0 Å². The van der Waals surface area contributed by atoms with Gasteiger partial charge in [-0.15, -0.1) is 0 Å². The molecule has 1 aromatic heterocycles. The third-order valence-electron chi connectivity index (χ3n) is 1.86. The molecule has 1 heterocycles. The molecule has 0 amide bonds. The van der Waals surface area contributed by atoms with Gasteiger partial charge in [-0.25, -0.2) is 13.4 Å². The molecule has 0 bridgehead atoms. The zero-order valence-corrected chi connectivity index (χ0v) is 9.60. The second kappa shape index (κ2) is 4.01. The third kappa shape index (κ3) is 3.05. The molecule has 0 radical (unpaired) electrons. The van der Waals surface area contributed by atoms with Crippen molar-refractivity contribution in [3.05, 3.63) is 21.6 Å². The van der Waals surface area contributed by atoms with Crippen molar-refractivity contribution in [2.45, 2.75) is 20.3 Å². The second-order valence-electron chi connectivity index (χ2n) is 3.21. The van der Waals surface area contributed by atoms with E-state index in [9.17, 15) is 13.2 Å². The van der Waals surface area contributed by atoms with E-state index >= 15 is 0 Å². The van der Waals surface area contributed by atoms with E-state index in [2.05, 4.69) is 14.7 Å². The lowest BCUT2D eigenvalue weighted by atomic mass is 10.2. The van der Waals surface area contributed by atoms with Crippen LogP contribution < -0.4 is 10.3 Å². The Morgan fingerprint density at radius 2 is 2.07 bits per heavy atom. The van der Waals surface area contributed by atoms with Gasteiger partial charge in [0, 0.05) is 11.3 Å². The number of sulfonamides is 1. The van der Waals surface area contributed by atoms with Gasteiger partial charge in [-0.05, 0) is 13.3 Å². The van der Waals surface area contributed by atoms with Gasteiger partial charge < -0.3 is 0 Å². The summed E-state index contributed by atoms with van der Waals surface area (Å²) in [6.07, 6.45) is 1.56. The number of nitrogens with one attached hydrogen (secondary N) is 2. The maximum atomic E-state index is 11.4. The summed E-state index contributed by atoms with van der Waals surface area (Å²) >= 11 is 0. The summed E-state index contributed by atoms with van der Waals surface area (Å²) in [5, 5.41) is 0. The topological polar surface area (TPSA) is 91.9 Å². The number of H-pyrrole nitrogens is 1. The van der Waals surface area contributed by atoms with Gasteiger partial charge in [0.15, 0.2) is 0 Å². The van der Waals surface area contributed by atoms with Crippen LogP contribution in [0.1, 0.15) is 18.2 Å². The van der Waals surface area contributed by atoms with E-state index in [4.69, 9.17) is 0 Å². The smallest absolute Gasteiger partial charge is 0.255 e. The van der Waals surface area contributed by atoms with Crippen molar-refractivity contribution in [1.29, 1.82) is 0 Å². The molecule has 1 aromatic rings. The van der Waals surface area contributed by atoms with Gasteiger partial charge in [0.1, 0.15) is 0 Å². The lowest BCUT2D eigenvalue weighted by Gasteiger charge is -2.05. The first-order valence-electron chi connectivity index (χ1n) is 4.41. The normalized spacial score (nSPS) is 11.4. The van der Waals surface area contributed by atoms with Crippen LogP contribution in [0.3, 0.4) is 0 Å². The molecule has 0 spiro atoms. The van der Waals surface area contributed by atoms with Crippen LogP contribution in [0, 0.1) is 6.92 Å². The van der Waals surface area contributed by atoms with Crippen LogP contribution in [-0.2, 0) is 16.4 Å². The lowest BCUT2D eigenvalue weighted by molar-refractivity contribution is 0.606. The van der Waals surface area contributed by atoms with Crippen LogP contribution in [0.15, 0.2) is 4.79 Å². The minimum Gasteiger partial charge on any atom is -0.292 e. The van der Waals surface area contributed by atoms with Crippen LogP contribution in [0.5, 0.6) is 0 Å². The number of aromatic amines is 1. The SMILES string of the molecule is CCc1c(C)nc(NS(C)(=O)=O)[nH]c1=O. The molecule has 6 nitrogen and oxygen atoms in total. The predicted octanol–water partition coefficient (Wildman–Crippen LogP) is 0.0122. The van der Waals surface area contributed by atoms with Crippen LogP contribution in [-0.4, -0.2) is 24.6 Å². The van der Waals surface area contributed by atoms with Crippen molar-refractivity contribution in [2.24, 2.45) is 0 Å². The summed E-state index contributed by atoms with van der Waals surface area (Å²) in [5.74, 6) is -0.0443. The number of aryl methyl sites for hydroxylation is 1. The predicted molar refractivity (Wildman–Crippen MR) is 57.4 cm³/mol. The van der Waals surface area contributed by atoms with Crippen molar-refractivity contribution in [3.8, 4) is 0 Å². The molecule has 0 aromatic carbocycles. The van der Waals surface area contributed by atoms with E-state index < -0.39 is 10.0 Å². The molecular formula is C8H13N3O3S. The monoisotopic (exact) mass is 231 g/mol. The number of rotatable bonds is 3. The van der Waals surface area contributed by atoms with Gasteiger partial charge in [0.2, 0.25) is 16.0 Å². The number of nitrogens with zero attached hydrogens (tertiary/aromatic N) is 1. The number of hydrogen-bond acceptors (Lipinski definition) is 4. The highest BCUT2D eigenvalue weighted by molar-refractivity contribution is 7.91. The fraction of sp³-hybridized carbons (Fsp3) is 0.500. The molecule has 0 fully saturated rings. The summed E-state index contributed by atoms with van der Waals surface area (Å²) in [7, 11) is -3.41. The number of hydrogen-bond donors (Lipinski definition) is 2. The fourth-order valence-electron chi connectivity index (χ4n) is 1.25. The van der Waals surface area contributed by atoms with Crippen LogP contribution >= 0.6 is 0 Å². The standard InChI is InChI=1S/C8H13N3O3S/c1-4-6-5(2)9-8(10-7(6)12)11-15(3,13)14/h4H2,1-3H3,(H2,9,10,11,12). The molecule has 0 saturated carbocycles. The maximum absolute atomic E-state index is 11.4. The maximum Gasteiger partial charge on any atom is 0.255 e. The highest BCUT2D eigenvalue weighted by atomic mass is 32.2. The molecule has 0 saturated heterocycles. The zero-order chi connectivity index (χ0) is 11.6. The van der Waals surface area contributed by atoms with Gasteiger partial charge in [0.05, 0.1) is 6.26 Å². The Labute approximate surface area is 87.8 Å². The Balaban J connectivity index is 3.21. The highest BCUT2D eigenvalue weighted by Gasteiger charge is 2.08. The molecule has 7 heteroatoms. The number of aromatic nitrogens is 2. The average Bonchev–Trinajstić information content (AvgIpc) is 1.99. The minimum absolute atomic E-state index is 0.0443. The molecule has 0 aliphatic carbocycles. The molecule has 15 heavy (non-hydrogen) atoms. The number of anilines is 1. The van der Waals surface area contributed by atoms with Gasteiger partial charge in [0.25, 0.3) is 5.56 Å². The van der Waals surface area contributed by atoms with E-state index in [1.807, 2.05) is 6.92 Å². The summed E-state index contributed by atoms with van der Waals surface area (Å²) in [6, 6.07) is 0. The highest BCUT2D eigenvalue weighted by Crippen LogP contribution is 2.03.